The van der Waals surface area contributed by atoms with Crippen LogP contribution in [-0.4, -0.2) is 57.2 Å². The van der Waals surface area contributed by atoms with Gasteiger partial charge in [-0.1, -0.05) is 38.0 Å². The lowest BCUT2D eigenvalue weighted by Crippen LogP contribution is -2.45. The fraction of sp³-hybridized carbons (Fsp3) is 0.550. The van der Waals surface area contributed by atoms with Crippen molar-refractivity contribution in [1.82, 2.24) is 10.2 Å². The molecule has 3 unspecified atom stereocenters. The van der Waals surface area contributed by atoms with Crippen LogP contribution in [0.2, 0.25) is 0 Å². The number of benzene rings is 1. The highest BCUT2D eigenvalue weighted by Gasteiger charge is 2.41. The fourth-order valence-electron chi connectivity index (χ4n) is 3.40. The fourth-order valence-corrected chi connectivity index (χ4v) is 4.88. The quantitative estimate of drug-likeness (QED) is 0.476. The maximum Gasteiger partial charge on any atom is 0.350 e. The molecule has 1 aromatic rings. The Morgan fingerprint density at radius 1 is 1.30 bits per heavy atom. The second-order valence-electron chi connectivity index (χ2n) is 7.34. The van der Waals surface area contributed by atoms with Crippen molar-refractivity contribution in [1.29, 1.82) is 0 Å². The van der Waals surface area contributed by atoms with Crippen LogP contribution in [0.15, 0.2) is 30.3 Å². The smallest absolute Gasteiger partial charge is 0.350 e. The molecule has 0 aliphatic carbocycles. The van der Waals surface area contributed by atoms with Crippen LogP contribution in [0.5, 0.6) is 0 Å². The first-order valence-corrected chi connectivity index (χ1v) is 11.7. The molecule has 1 aliphatic rings. The van der Waals surface area contributed by atoms with E-state index in [4.69, 9.17) is 4.52 Å². The lowest BCUT2D eigenvalue weighted by Gasteiger charge is -2.29. The molecule has 0 spiro atoms. The van der Waals surface area contributed by atoms with Gasteiger partial charge in [0, 0.05) is 12.1 Å². The van der Waals surface area contributed by atoms with Crippen LogP contribution in [0.25, 0.3) is 0 Å². The number of carboxylic acid groups (broad SMARTS) is 1. The van der Waals surface area contributed by atoms with E-state index in [2.05, 4.69) is 5.32 Å². The van der Waals surface area contributed by atoms with E-state index in [0.717, 1.165) is 11.3 Å². The lowest BCUT2D eigenvalue weighted by atomic mass is 10.2. The van der Waals surface area contributed by atoms with Gasteiger partial charge in [0.1, 0.15) is 17.9 Å². The van der Waals surface area contributed by atoms with Gasteiger partial charge >= 0.3 is 13.6 Å². The lowest BCUT2D eigenvalue weighted by molar-refractivity contribution is -0.151. The Balaban J connectivity index is 2.11. The Morgan fingerprint density at radius 3 is 2.57 bits per heavy atom. The zero-order valence-corrected chi connectivity index (χ0v) is 18.1. The third-order valence-corrected chi connectivity index (χ3v) is 6.83. The standard InChI is InChI=1S/C20H29N2O7P/c1-3-4-12-17(21-18(23)15-9-6-5-7-10-15)30(27,28)29-14(2)19(24)22-13-8-11-16(22)20(25)26/h5-7,9-10,14,16-17H,3-4,8,11-13H2,1-2H3,(H,21,23)(H,25,26)(H,27,28)/t14?,16-,17?/m0/s1. The van der Waals surface area contributed by atoms with Gasteiger partial charge in [0.15, 0.2) is 0 Å². The Labute approximate surface area is 175 Å². The first-order chi connectivity index (χ1) is 14.2. The molecule has 0 aromatic heterocycles. The third kappa shape index (κ3) is 6.14. The number of likely N-dealkylation sites (tertiary alicyclic amines) is 1. The van der Waals surface area contributed by atoms with Gasteiger partial charge in [0.05, 0.1) is 0 Å². The van der Waals surface area contributed by atoms with E-state index in [9.17, 15) is 28.9 Å². The van der Waals surface area contributed by atoms with Crippen LogP contribution < -0.4 is 5.32 Å². The molecule has 0 saturated carbocycles. The molecule has 3 N–H and O–H groups in total. The third-order valence-electron chi connectivity index (χ3n) is 5.04. The Morgan fingerprint density at radius 2 is 1.97 bits per heavy atom. The van der Waals surface area contributed by atoms with E-state index in [1.165, 1.54) is 6.92 Å². The van der Waals surface area contributed by atoms with Crippen molar-refractivity contribution in [2.24, 2.45) is 0 Å². The number of nitrogens with one attached hydrogen (secondary N) is 1. The summed E-state index contributed by atoms with van der Waals surface area (Å²) in [5, 5.41) is 11.8. The summed E-state index contributed by atoms with van der Waals surface area (Å²) in [6.07, 6.45) is 1.06. The normalized spacial score (nSPS) is 20.2. The predicted molar refractivity (Wildman–Crippen MR) is 110 cm³/mol. The second-order valence-corrected chi connectivity index (χ2v) is 9.30. The summed E-state index contributed by atoms with van der Waals surface area (Å²) in [6, 6.07) is 7.32. The van der Waals surface area contributed by atoms with Crippen molar-refractivity contribution >= 4 is 25.4 Å². The average molecular weight is 440 g/mol. The summed E-state index contributed by atoms with van der Waals surface area (Å²) in [5.41, 5.74) is 0.337. The molecule has 9 nitrogen and oxygen atoms in total. The van der Waals surface area contributed by atoms with E-state index in [1.54, 1.807) is 30.3 Å². The summed E-state index contributed by atoms with van der Waals surface area (Å²) >= 11 is 0. The van der Waals surface area contributed by atoms with E-state index >= 15 is 0 Å². The zero-order chi connectivity index (χ0) is 22.3. The van der Waals surface area contributed by atoms with Gasteiger partial charge in [0.2, 0.25) is 0 Å². The predicted octanol–water partition coefficient (Wildman–Crippen LogP) is 2.60. The van der Waals surface area contributed by atoms with Gasteiger partial charge in [-0.15, -0.1) is 0 Å². The summed E-state index contributed by atoms with van der Waals surface area (Å²) in [4.78, 5) is 48.2. The van der Waals surface area contributed by atoms with Gasteiger partial charge in [0.25, 0.3) is 11.8 Å². The second kappa shape index (κ2) is 10.7. The highest BCUT2D eigenvalue weighted by Crippen LogP contribution is 2.49. The van der Waals surface area contributed by atoms with E-state index in [-0.39, 0.29) is 13.0 Å². The monoisotopic (exact) mass is 440 g/mol. The van der Waals surface area contributed by atoms with Crippen molar-refractivity contribution in [3.05, 3.63) is 35.9 Å². The maximum absolute atomic E-state index is 13.0. The molecule has 4 atom stereocenters. The van der Waals surface area contributed by atoms with Crippen LogP contribution in [0.4, 0.5) is 0 Å². The van der Waals surface area contributed by atoms with Crippen molar-refractivity contribution in [2.75, 3.05) is 6.54 Å². The largest absolute Gasteiger partial charge is 0.480 e. The number of unbranched alkanes of at least 4 members (excludes halogenated alkanes) is 1. The Kier molecular flexibility index (Phi) is 8.58. The number of nitrogens with zero attached hydrogens (tertiary/aromatic N) is 1. The Bertz CT molecular complexity index is 802. The van der Waals surface area contributed by atoms with Gasteiger partial charge < -0.3 is 20.2 Å². The molecule has 166 valence electrons. The zero-order valence-electron chi connectivity index (χ0n) is 17.2. The molecule has 10 heteroatoms. The van der Waals surface area contributed by atoms with Gasteiger partial charge in [-0.05, 0) is 38.3 Å². The first kappa shape index (κ1) is 24.1. The van der Waals surface area contributed by atoms with Crippen LogP contribution in [0.3, 0.4) is 0 Å². The number of aliphatic carboxylic acids is 1. The highest BCUT2D eigenvalue weighted by molar-refractivity contribution is 7.53. The number of amides is 2. The minimum Gasteiger partial charge on any atom is -0.480 e. The summed E-state index contributed by atoms with van der Waals surface area (Å²) in [6.45, 7) is 3.48. The van der Waals surface area contributed by atoms with E-state index in [1.807, 2.05) is 6.92 Å². The molecule has 1 aliphatic heterocycles. The van der Waals surface area contributed by atoms with Gasteiger partial charge in [-0.25, -0.2) is 4.79 Å². The molecular weight excluding hydrogens is 411 g/mol. The summed E-state index contributed by atoms with van der Waals surface area (Å²) < 4.78 is 18.2. The number of carbonyl (C=O) groups excluding carboxylic acids is 2. The molecule has 1 fully saturated rings. The molecule has 2 rings (SSSR count). The molecule has 2 amide bonds. The van der Waals surface area contributed by atoms with Gasteiger partial charge in [-0.3, -0.25) is 18.7 Å². The minimum atomic E-state index is -4.43. The number of carbonyl (C=O) groups is 3. The van der Waals surface area contributed by atoms with Crippen LogP contribution in [-0.2, 0) is 18.7 Å². The molecule has 1 aromatic carbocycles. The summed E-state index contributed by atoms with van der Waals surface area (Å²) in [5.74, 6) is -3.47. The molecule has 0 radical (unpaired) electrons. The molecule has 1 heterocycles. The minimum absolute atomic E-state index is 0.200. The van der Waals surface area contributed by atoms with Crippen molar-refractivity contribution in [3.63, 3.8) is 0 Å². The molecular formula is C20H29N2O7P. The van der Waals surface area contributed by atoms with E-state index < -0.39 is 43.3 Å². The van der Waals surface area contributed by atoms with Gasteiger partial charge in [-0.2, -0.15) is 0 Å². The highest BCUT2D eigenvalue weighted by atomic mass is 31.2. The van der Waals surface area contributed by atoms with Crippen molar-refractivity contribution in [3.8, 4) is 0 Å². The topological polar surface area (TPSA) is 133 Å². The van der Waals surface area contributed by atoms with Crippen molar-refractivity contribution in [2.45, 2.75) is 63.9 Å². The molecule has 30 heavy (non-hydrogen) atoms. The van der Waals surface area contributed by atoms with Crippen LogP contribution in [0.1, 0.15) is 56.3 Å². The van der Waals surface area contributed by atoms with Crippen LogP contribution >= 0.6 is 7.60 Å². The average Bonchev–Trinajstić information content (AvgIpc) is 3.20. The number of hydrogen-bond acceptors (Lipinski definition) is 5. The first-order valence-electron chi connectivity index (χ1n) is 10.1. The molecule has 0 bridgehead atoms. The number of carboxylic acids is 1. The Hall–Kier alpha value is -2.22. The maximum atomic E-state index is 13.0. The SMILES string of the molecule is CCCCC(NC(=O)c1ccccc1)P(=O)(O)OC(C)C(=O)N1CCC[C@H]1C(=O)O. The van der Waals surface area contributed by atoms with Crippen LogP contribution in [0, 0.1) is 0 Å². The van der Waals surface area contributed by atoms with E-state index in [0.29, 0.717) is 24.8 Å². The number of rotatable bonds is 10. The number of hydrogen-bond donors (Lipinski definition) is 3. The summed E-state index contributed by atoms with van der Waals surface area (Å²) in [7, 11) is -4.43. The van der Waals surface area contributed by atoms with Crippen molar-refractivity contribution < 1.29 is 33.5 Å². The molecule has 1 saturated heterocycles.